The predicted octanol–water partition coefficient (Wildman–Crippen LogP) is 1.01. The van der Waals surface area contributed by atoms with Crippen molar-refractivity contribution in [3.63, 3.8) is 0 Å². The number of nitrogens with zero attached hydrogens (tertiary/aromatic N) is 2. The first kappa shape index (κ1) is 8.90. The summed E-state index contributed by atoms with van der Waals surface area (Å²) in [5.74, 6) is 0.785. The summed E-state index contributed by atoms with van der Waals surface area (Å²) in [6.45, 7) is 0.106. The summed E-state index contributed by atoms with van der Waals surface area (Å²) in [6, 6.07) is 5.71. The van der Waals surface area contributed by atoms with Crippen molar-refractivity contribution >= 4 is 0 Å². The van der Waals surface area contributed by atoms with Crippen LogP contribution >= 0.6 is 0 Å². The van der Waals surface area contributed by atoms with Gasteiger partial charge in [-0.05, 0) is 12.1 Å². The van der Waals surface area contributed by atoms with Gasteiger partial charge in [0.15, 0.2) is 0 Å². The molecule has 0 atom stereocenters. The molecule has 2 heterocycles. The Balaban J connectivity index is 2.25. The van der Waals surface area contributed by atoms with Crippen LogP contribution in [0.15, 0.2) is 30.6 Å². The number of hydrogen-bond acceptors (Lipinski definition) is 3. The van der Waals surface area contributed by atoms with Gasteiger partial charge < -0.3 is 10.1 Å². The zero-order valence-corrected chi connectivity index (χ0v) is 7.64. The Labute approximate surface area is 81.7 Å². The first-order valence-electron chi connectivity index (χ1n) is 4.46. The third-order valence-corrected chi connectivity index (χ3v) is 1.92. The highest BCUT2D eigenvalue weighted by Crippen LogP contribution is 2.12. The van der Waals surface area contributed by atoms with Gasteiger partial charge in [0.2, 0.25) is 0 Å². The predicted molar refractivity (Wildman–Crippen MR) is 52.6 cm³/mol. The van der Waals surface area contributed by atoms with E-state index in [1.54, 1.807) is 12.4 Å². The molecule has 0 aliphatic carbocycles. The molecule has 0 aliphatic heterocycles. The van der Waals surface area contributed by atoms with Crippen LogP contribution in [0.4, 0.5) is 0 Å². The van der Waals surface area contributed by atoms with Crippen molar-refractivity contribution < 1.29 is 5.11 Å². The van der Waals surface area contributed by atoms with Crippen LogP contribution in [0.2, 0.25) is 0 Å². The van der Waals surface area contributed by atoms with E-state index in [9.17, 15) is 0 Å². The van der Waals surface area contributed by atoms with Gasteiger partial charge in [0.1, 0.15) is 5.82 Å². The summed E-state index contributed by atoms with van der Waals surface area (Å²) >= 11 is 0. The molecular weight excluding hydrogens is 178 g/mol. The van der Waals surface area contributed by atoms with E-state index in [0.717, 1.165) is 17.2 Å². The quantitative estimate of drug-likeness (QED) is 0.757. The number of aliphatic hydroxyl groups excluding tert-OH is 1. The Morgan fingerprint density at radius 1 is 1.29 bits per heavy atom. The van der Waals surface area contributed by atoms with Gasteiger partial charge in [-0.3, -0.25) is 4.98 Å². The van der Waals surface area contributed by atoms with Crippen molar-refractivity contribution in [2.24, 2.45) is 0 Å². The monoisotopic (exact) mass is 189 g/mol. The number of H-pyrrole nitrogens is 1. The molecule has 0 amide bonds. The maximum Gasteiger partial charge on any atom is 0.108 e. The van der Waals surface area contributed by atoms with Gasteiger partial charge in [-0.1, -0.05) is 6.07 Å². The van der Waals surface area contributed by atoms with E-state index in [1.165, 1.54) is 0 Å². The molecule has 2 N–H and O–H groups in total. The molecule has 14 heavy (non-hydrogen) atoms. The fourth-order valence-corrected chi connectivity index (χ4v) is 1.25. The van der Waals surface area contributed by atoms with Gasteiger partial charge in [0, 0.05) is 12.6 Å². The minimum Gasteiger partial charge on any atom is -0.396 e. The van der Waals surface area contributed by atoms with E-state index >= 15 is 0 Å². The lowest BCUT2D eigenvalue weighted by Gasteiger charge is -1.94. The molecule has 0 radical (unpaired) electrons. The first-order chi connectivity index (χ1) is 6.90. The second-order valence-electron chi connectivity index (χ2n) is 2.93. The summed E-state index contributed by atoms with van der Waals surface area (Å²) in [7, 11) is 0. The highest BCUT2D eigenvalue weighted by molar-refractivity contribution is 5.52. The molecule has 0 fully saturated rings. The lowest BCUT2D eigenvalue weighted by molar-refractivity contribution is 0.297. The largest absolute Gasteiger partial charge is 0.396 e. The Kier molecular flexibility index (Phi) is 2.55. The number of imidazole rings is 1. The van der Waals surface area contributed by atoms with Gasteiger partial charge in [-0.2, -0.15) is 0 Å². The average molecular weight is 189 g/mol. The van der Waals surface area contributed by atoms with Gasteiger partial charge in [-0.25, -0.2) is 4.98 Å². The molecule has 0 bridgehead atoms. The number of aromatic nitrogens is 3. The van der Waals surface area contributed by atoms with Crippen LogP contribution in [0.5, 0.6) is 0 Å². The van der Waals surface area contributed by atoms with Crippen molar-refractivity contribution in [2.75, 3.05) is 6.61 Å². The molecular formula is C10H11N3O. The highest BCUT2D eigenvalue weighted by atomic mass is 16.3. The number of aliphatic hydroxyl groups is 1. The highest BCUT2D eigenvalue weighted by Gasteiger charge is 2.02. The summed E-state index contributed by atoms with van der Waals surface area (Å²) in [4.78, 5) is 11.4. The average Bonchev–Trinajstić information content (AvgIpc) is 2.68. The molecule has 0 unspecified atom stereocenters. The fourth-order valence-electron chi connectivity index (χ4n) is 1.25. The van der Waals surface area contributed by atoms with Crippen LogP contribution in [0.3, 0.4) is 0 Å². The van der Waals surface area contributed by atoms with E-state index in [0.29, 0.717) is 6.42 Å². The number of nitrogens with one attached hydrogen (secondary N) is 1. The molecule has 2 aromatic rings. The third kappa shape index (κ3) is 1.80. The molecule has 0 aromatic carbocycles. The molecule has 0 saturated carbocycles. The smallest absolute Gasteiger partial charge is 0.108 e. The fraction of sp³-hybridized carbons (Fsp3) is 0.200. The maximum absolute atomic E-state index is 8.72. The van der Waals surface area contributed by atoms with Gasteiger partial charge >= 0.3 is 0 Å². The van der Waals surface area contributed by atoms with E-state index < -0.39 is 0 Å². The van der Waals surface area contributed by atoms with Crippen LogP contribution < -0.4 is 0 Å². The molecule has 0 spiro atoms. The Morgan fingerprint density at radius 3 is 2.93 bits per heavy atom. The number of aromatic amines is 1. The van der Waals surface area contributed by atoms with Crippen molar-refractivity contribution in [1.82, 2.24) is 15.0 Å². The van der Waals surface area contributed by atoms with Crippen LogP contribution in [-0.2, 0) is 6.42 Å². The first-order valence-corrected chi connectivity index (χ1v) is 4.46. The standard InChI is InChI=1S/C10H11N3O/c14-6-4-10-12-7-9(13-10)8-3-1-2-5-11-8/h1-3,5,7,14H,4,6H2,(H,12,13). The lowest BCUT2D eigenvalue weighted by Crippen LogP contribution is -1.92. The zero-order chi connectivity index (χ0) is 9.80. The second kappa shape index (κ2) is 4.02. The number of hydrogen-bond donors (Lipinski definition) is 2. The zero-order valence-electron chi connectivity index (χ0n) is 7.64. The van der Waals surface area contributed by atoms with Crippen LogP contribution in [0.25, 0.3) is 11.4 Å². The summed E-state index contributed by atoms with van der Waals surface area (Å²) in [5, 5.41) is 8.72. The van der Waals surface area contributed by atoms with E-state index in [2.05, 4.69) is 15.0 Å². The molecule has 0 aliphatic rings. The van der Waals surface area contributed by atoms with Crippen molar-refractivity contribution in [3.8, 4) is 11.4 Å². The molecule has 2 rings (SSSR count). The van der Waals surface area contributed by atoms with Crippen LogP contribution in [-0.4, -0.2) is 26.7 Å². The lowest BCUT2D eigenvalue weighted by atomic mass is 10.3. The summed E-state index contributed by atoms with van der Waals surface area (Å²) in [5.41, 5.74) is 1.75. The van der Waals surface area contributed by atoms with Crippen molar-refractivity contribution in [1.29, 1.82) is 0 Å². The molecule has 72 valence electrons. The summed E-state index contributed by atoms with van der Waals surface area (Å²) in [6.07, 6.45) is 4.02. The maximum atomic E-state index is 8.72. The SMILES string of the molecule is OCCc1ncc(-c2ccccn2)[nH]1. The van der Waals surface area contributed by atoms with Crippen molar-refractivity contribution in [2.45, 2.75) is 6.42 Å². The van der Waals surface area contributed by atoms with Gasteiger partial charge in [0.05, 0.1) is 24.2 Å². The third-order valence-electron chi connectivity index (χ3n) is 1.92. The minimum absolute atomic E-state index is 0.106. The summed E-state index contributed by atoms with van der Waals surface area (Å²) < 4.78 is 0. The Morgan fingerprint density at radius 2 is 2.21 bits per heavy atom. The van der Waals surface area contributed by atoms with Crippen LogP contribution in [0.1, 0.15) is 5.82 Å². The van der Waals surface area contributed by atoms with Gasteiger partial charge in [-0.15, -0.1) is 0 Å². The number of pyridine rings is 1. The molecule has 4 heteroatoms. The van der Waals surface area contributed by atoms with E-state index in [4.69, 9.17) is 5.11 Å². The van der Waals surface area contributed by atoms with Crippen molar-refractivity contribution in [3.05, 3.63) is 36.4 Å². The second-order valence-corrected chi connectivity index (χ2v) is 2.93. The Bertz CT molecular complexity index is 397. The molecule has 2 aromatic heterocycles. The number of rotatable bonds is 3. The topological polar surface area (TPSA) is 61.8 Å². The minimum atomic E-state index is 0.106. The van der Waals surface area contributed by atoms with E-state index in [-0.39, 0.29) is 6.61 Å². The Hall–Kier alpha value is -1.68. The molecule has 4 nitrogen and oxygen atoms in total. The van der Waals surface area contributed by atoms with Crippen LogP contribution in [0, 0.1) is 0 Å². The molecule has 0 saturated heterocycles. The normalized spacial score (nSPS) is 10.4. The van der Waals surface area contributed by atoms with E-state index in [1.807, 2.05) is 18.2 Å². The van der Waals surface area contributed by atoms with Gasteiger partial charge in [0.25, 0.3) is 0 Å².